The second-order valence-electron chi connectivity index (χ2n) is 6.91. The Bertz CT molecular complexity index is 773. The fraction of sp³-hybridized carbons (Fsp3) is 0.455. The number of carbonyl (C=O) groups is 1. The van der Waals surface area contributed by atoms with Gasteiger partial charge in [0.05, 0.1) is 23.9 Å². The van der Waals surface area contributed by atoms with Gasteiger partial charge < -0.3 is 19.5 Å². The van der Waals surface area contributed by atoms with E-state index in [4.69, 9.17) is 14.2 Å². The number of aryl methyl sites for hydroxylation is 1. The van der Waals surface area contributed by atoms with Crippen LogP contribution in [0.1, 0.15) is 30.9 Å². The number of carbonyl (C=O) groups excluding carboxylic acids is 1. The van der Waals surface area contributed by atoms with Gasteiger partial charge >= 0.3 is 0 Å². The molecule has 1 N–H and O–H groups in total. The lowest BCUT2D eigenvalue weighted by Gasteiger charge is -2.36. The zero-order chi connectivity index (χ0) is 19.8. The molecule has 1 aliphatic heterocycles. The Balaban J connectivity index is 1.72. The predicted molar refractivity (Wildman–Crippen MR) is 108 cm³/mol. The summed E-state index contributed by atoms with van der Waals surface area (Å²) < 4.78 is 16.4. The van der Waals surface area contributed by atoms with Crippen molar-refractivity contribution >= 4 is 11.6 Å². The van der Waals surface area contributed by atoms with Crippen LogP contribution in [0, 0.1) is 6.92 Å². The van der Waals surface area contributed by atoms with Crippen molar-refractivity contribution in [3.8, 4) is 5.88 Å². The molecular weight excluding hydrogens is 356 g/mol. The Morgan fingerprint density at radius 2 is 1.96 bits per heavy atom. The number of aromatic nitrogens is 1. The third kappa shape index (κ3) is 4.69. The maximum atomic E-state index is 13.3. The molecule has 0 unspecified atom stereocenters. The van der Waals surface area contributed by atoms with Crippen LogP contribution in [0.15, 0.2) is 42.6 Å². The summed E-state index contributed by atoms with van der Waals surface area (Å²) in [6, 6.07) is 11.8. The van der Waals surface area contributed by atoms with Gasteiger partial charge in [-0.2, -0.15) is 0 Å². The minimum Gasteiger partial charge on any atom is -0.475 e. The lowest BCUT2D eigenvalue weighted by atomic mass is 9.73. The number of anilines is 1. The molecule has 1 saturated heterocycles. The summed E-state index contributed by atoms with van der Waals surface area (Å²) in [5, 5.41) is 3.06. The lowest BCUT2D eigenvalue weighted by molar-refractivity contribution is -0.125. The normalized spacial score (nSPS) is 15.8. The number of ether oxygens (including phenoxy) is 3. The van der Waals surface area contributed by atoms with Crippen molar-refractivity contribution < 1.29 is 19.0 Å². The number of pyridine rings is 1. The summed E-state index contributed by atoms with van der Waals surface area (Å²) in [6.45, 7) is 6.65. The van der Waals surface area contributed by atoms with E-state index in [1.54, 1.807) is 6.20 Å². The van der Waals surface area contributed by atoms with E-state index in [1.807, 2.05) is 50.2 Å². The third-order valence-corrected chi connectivity index (χ3v) is 5.07. The quantitative estimate of drug-likeness (QED) is 0.706. The maximum Gasteiger partial charge on any atom is 0.235 e. The van der Waals surface area contributed by atoms with Crippen LogP contribution in [0.4, 0.5) is 5.69 Å². The Kier molecular flexibility index (Phi) is 7.01. The van der Waals surface area contributed by atoms with Crippen LogP contribution in [0.5, 0.6) is 5.88 Å². The smallest absolute Gasteiger partial charge is 0.235 e. The van der Waals surface area contributed by atoms with Gasteiger partial charge in [0.2, 0.25) is 11.8 Å². The molecule has 6 heteroatoms. The summed E-state index contributed by atoms with van der Waals surface area (Å²) in [5.41, 5.74) is 1.98. The molecule has 0 aliphatic carbocycles. The fourth-order valence-electron chi connectivity index (χ4n) is 3.50. The number of nitrogens with one attached hydrogen (secondary N) is 1. The summed E-state index contributed by atoms with van der Waals surface area (Å²) in [7, 11) is 0. The molecule has 1 aromatic heterocycles. The molecule has 1 fully saturated rings. The molecule has 1 aromatic carbocycles. The molecule has 6 nitrogen and oxygen atoms in total. The molecule has 0 bridgehead atoms. The van der Waals surface area contributed by atoms with E-state index in [0.717, 1.165) is 11.1 Å². The summed E-state index contributed by atoms with van der Waals surface area (Å²) >= 11 is 0. The van der Waals surface area contributed by atoms with E-state index in [1.165, 1.54) is 0 Å². The monoisotopic (exact) mass is 384 g/mol. The number of benzene rings is 1. The number of rotatable bonds is 8. The highest BCUT2D eigenvalue weighted by Crippen LogP contribution is 2.36. The highest BCUT2D eigenvalue weighted by molar-refractivity contribution is 5.99. The van der Waals surface area contributed by atoms with Crippen LogP contribution in [0.3, 0.4) is 0 Å². The largest absolute Gasteiger partial charge is 0.475 e. The van der Waals surface area contributed by atoms with Gasteiger partial charge in [-0.1, -0.05) is 30.3 Å². The molecule has 0 saturated carbocycles. The van der Waals surface area contributed by atoms with Crippen LogP contribution in [0.25, 0.3) is 0 Å². The molecule has 1 amide bonds. The average molecular weight is 384 g/mol. The number of hydrogen-bond donors (Lipinski definition) is 1. The maximum absolute atomic E-state index is 13.3. The van der Waals surface area contributed by atoms with Crippen molar-refractivity contribution in [2.75, 3.05) is 38.4 Å². The summed E-state index contributed by atoms with van der Waals surface area (Å²) in [4.78, 5) is 17.6. The first-order valence-corrected chi connectivity index (χ1v) is 9.77. The molecule has 28 heavy (non-hydrogen) atoms. The van der Waals surface area contributed by atoms with Crippen molar-refractivity contribution in [3.63, 3.8) is 0 Å². The summed E-state index contributed by atoms with van der Waals surface area (Å²) in [5.74, 6) is 0.537. The molecule has 0 spiro atoms. The van der Waals surface area contributed by atoms with E-state index in [9.17, 15) is 4.79 Å². The van der Waals surface area contributed by atoms with Crippen molar-refractivity contribution in [1.82, 2.24) is 4.98 Å². The summed E-state index contributed by atoms with van der Waals surface area (Å²) in [6.07, 6.45) is 2.96. The topological polar surface area (TPSA) is 69.7 Å². The number of amides is 1. The van der Waals surface area contributed by atoms with Gasteiger partial charge in [0.15, 0.2) is 0 Å². The number of nitrogens with zero attached hydrogens (tertiary/aromatic N) is 1. The van der Waals surface area contributed by atoms with E-state index < -0.39 is 5.41 Å². The Morgan fingerprint density at radius 3 is 2.64 bits per heavy atom. The highest BCUT2D eigenvalue weighted by atomic mass is 16.5. The standard InChI is InChI=1S/C22H28N2O4/c1-3-26-13-14-28-20-17(2)15-19(16-23-20)24-21(25)22(9-11-27-12-10-22)18-7-5-4-6-8-18/h4-8,15-16H,3,9-14H2,1-2H3,(H,24,25). The second kappa shape index (κ2) is 9.66. The first-order valence-electron chi connectivity index (χ1n) is 9.77. The Hall–Kier alpha value is -2.44. The molecule has 2 heterocycles. The second-order valence-corrected chi connectivity index (χ2v) is 6.91. The lowest BCUT2D eigenvalue weighted by Crippen LogP contribution is -2.44. The van der Waals surface area contributed by atoms with Crippen LogP contribution in [-0.2, 0) is 19.7 Å². The van der Waals surface area contributed by atoms with Gasteiger partial charge in [-0.3, -0.25) is 4.79 Å². The fourth-order valence-corrected chi connectivity index (χ4v) is 3.50. The molecule has 150 valence electrons. The molecule has 1 aliphatic rings. The first-order chi connectivity index (χ1) is 13.7. The van der Waals surface area contributed by atoms with Gasteiger partial charge in [-0.25, -0.2) is 4.98 Å². The zero-order valence-corrected chi connectivity index (χ0v) is 16.6. The Morgan fingerprint density at radius 1 is 1.21 bits per heavy atom. The average Bonchev–Trinajstić information content (AvgIpc) is 2.73. The molecule has 0 atom stereocenters. The SMILES string of the molecule is CCOCCOc1ncc(NC(=O)C2(c3ccccc3)CCOCC2)cc1C. The molecule has 2 aromatic rings. The van der Waals surface area contributed by atoms with Gasteiger partial charge in [0.25, 0.3) is 0 Å². The number of hydrogen-bond acceptors (Lipinski definition) is 5. The van der Waals surface area contributed by atoms with Gasteiger partial charge in [0, 0.05) is 25.4 Å². The molecular formula is C22H28N2O4. The van der Waals surface area contributed by atoms with Gasteiger partial charge in [-0.15, -0.1) is 0 Å². The zero-order valence-electron chi connectivity index (χ0n) is 16.6. The van der Waals surface area contributed by atoms with Crippen LogP contribution < -0.4 is 10.1 Å². The minimum atomic E-state index is -0.583. The van der Waals surface area contributed by atoms with Crippen LogP contribution in [-0.4, -0.2) is 43.9 Å². The third-order valence-electron chi connectivity index (χ3n) is 5.07. The van der Waals surface area contributed by atoms with E-state index in [0.29, 0.717) is 57.4 Å². The van der Waals surface area contributed by atoms with Gasteiger partial charge in [0.1, 0.15) is 6.61 Å². The van der Waals surface area contributed by atoms with E-state index in [-0.39, 0.29) is 5.91 Å². The van der Waals surface area contributed by atoms with Crippen molar-refractivity contribution in [1.29, 1.82) is 0 Å². The van der Waals surface area contributed by atoms with E-state index in [2.05, 4.69) is 10.3 Å². The van der Waals surface area contributed by atoms with E-state index >= 15 is 0 Å². The van der Waals surface area contributed by atoms with Crippen molar-refractivity contribution in [2.45, 2.75) is 32.1 Å². The molecule has 3 rings (SSSR count). The predicted octanol–water partition coefficient (Wildman–Crippen LogP) is 3.49. The van der Waals surface area contributed by atoms with Crippen molar-refractivity contribution in [2.24, 2.45) is 0 Å². The van der Waals surface area contributed by atoms with Crippen molar-refractivity contribution in [3.05, 3.63) is 53.7 Å². The first kappa shape index (κ1) is 20.3. The Labute approximate surface area is 166 Å². The molecule has 0 radical (unpaired) electrons. The highest BCUT2D eigenvalue weighted by Gasteiger charge is 2.41. The van der Waals surface area contributed by atoms with Crippen LogP contribution >= 0.6 is 0 Å². The van der Waals surface area contributed by atoms with Crippen LogP contribution in [0.2, 0.25) is 0 Å². The van der Waals surface area contributed by atoms with Gasteiger partial charge in [-0.05, 0) is 38.3 Å². The minimum absolute atomic E-state index is 0.0202.